The largest absolute Gasteiger partial charge is 0.493 e. The number of aromatic nitrogens is 4. The second-order valence-corrected chi connectivity index (χ2v) is 11.0. The van der Waals surface area contributed by atoms with Crippen molar-refractivity contribution < 1.29 is 27.4 Å². The Hall–Kier alpha value is -2.96. The van der Waals surface area contributed by atoms with Crippen LogP contribution in [0.2, 0.25) is 5.02 Å². The fourth-order valence-electron chi connectivity index (χ4n) is 5.89. The molecule has 2 aliphatic heterocycles. The molecular formula is C26H27ClF4N6O2. The zero-order chi connectivity index (χ0) is 27.5. The van der Waals surface area contributed by atoms with Gasteiger partial charge in [-0.2, -0.15) is 13.2 Å². The SMILES string of the molecule is COc1cc(N2CCC(c3nnc4n3-c3ccc(Cl)cc3CN(C3CC(O)(C(F)(F)F)C3)C4)CC2)ncc1F. The number of aliphatic hydroxyl groups is 1. The van der Waals surface area contributed by atoms with E-state index >= 15 is 0 Å². The van der Waals surface area contributed by atoms with E-state index in [1.807, 2.05) is 21.6 Å². The predicted octanol–water partition coefficient (Wildman–Crippen LogP) is 4.62. The van der Waals surface area contributed by atoms with Gasteiger partial charge in [-0.15, -0.1) is 10.2 Å². The van der Waals surface area contributed by atoms with Gasteiger partial charge in [-0.25, -0.2) is 9.37 Å². The molecule has 0 amide bonds. The van der Waals surface area contributed by atoms with E-state index < -0.39 is 23.6 Å². The summed E-state index contributed by atoms with van der Waals surface area (Å²) in [5, 5.41) is 19.6. The summed E-state index contributed by atoms with van der Waals surface area (Å²) in [5.74, 6) is 1.78. The number of fused-ring (bicyclic) bond motifs is 3. The Morgan fingerprint density at radius 1 is 1.10 bits per heavy atom. The number of ether oxygens (including phenoxy) is 1. The van der Waals surface area contributed by atoms with Gasteiger partial charge in [0, 0.05) is 55.5 Å². The van der Waals surface area contributed by atoms with E-state index in [2.05, 4.69) is 20.1 Å². The minimum absolute atomic E-state index is 0.0824. The molecule has 0 radical (unpaired) electrons. The monoisotopic (exact) mass is 566 g/mol. The lowest BCUT2D eigenvalue weighted by Crippen LogP contribution is -2.61. The fourth-order valence-corrected chi connectivity index (χ4v) is 6.08. The van der Waals surface area contributed by atoms with Gasteiger partial charge in [0.05, 0.1) is 25.5 Å². The van der Waals surface area contributed by atoms with E-state index in [4.69, 9.17) is 16.3 Å². The Morgan fingerprint density at radius 2 is 1.85 bits per heavy atom. The van der Waals surface area contributed by atoms with Gasteiger partial charge in [0.15, 0.2) is 23.0 Å². The van der Waals surface area contributed by atoms with Crippen LogP contribution in [0.15, 0.2) is 30.5 Å². The summed E-state index contributed by atoms with van der Waals surface area (Å²) in [7, 11) is 1.42. The standard InChI is InChI=1S/C26H27ClF4N6O2/c1-39-21-9-22(32-12-19(21)28)35-6-4-15(5-7-35)24-34-33-23-14-36(18-10-25(38,11-18)26(29,30)31)13-16-8-17(27)2-3-20(16)37(23)24/h2-3,8-9,12,15,18,38H,4-7,10-11,13-14H2,1H3. The van der Waals surface area contributed by atoms with Crippen LogP contribution in [-0.4, -0.2) is 67.8 Å². The quantitative estimate of drug-likeness (QED) is 0.462. The summed E-state index contributed by atoms with van der Waals surface area (Å²) in [6.07, 6.45) is -2.75. The molecule has 13 heteroatoms. The van der Waals surface area contributed by atoms with Gasteiger partial charge in [0.1, 0.15) is 11.6 Å². The normalized spacial score (nSPS) is 24.1. The minimum Gasteiger partial charge on any atom is -0.493 e. The Morgan fingerprint density at radius 3 is 2.54 bits per heavy atom. The van der Waals surface area contributed by atoms with E-state index in [1.54, 1.807) is 12.1 Å². The van der Waals surface area contributed by atoms with Crippen LogP contribution in [0.3, 0.4) is 0 Å². The molecule has 8 nitrogen and oxygen atoms in total. The first-order chi connectivity index (χ1) is 18.6. The third-order valence-corrected chi connectivity index (χ3v) is 8.39. The molecule has 0 spiro atoms. The van der Waals surface area contributed by atoms with E-state index in [0.717, 1.165) is 36.1 Å². The average Bonchev–Trinajstić information content (AvgIpc) is 3.22. The van der Waals surface area contributed by atoms with Crippen LogP contribution in [-0.2, 0) is 13.1 Å². The number of pyridine rings is 1. The van der Waals surface area contributed by atoms with Crippen LogP contribution >= 0.6 is 11.6 Å². The van der Waals surface area contributed by atoms with Crippen LogP contribution < -0.4 is 9.64 Å². The van der Waals surface area contributed by atoms with Crippen LogP contribution in [0.25, 0.3) is 5.69 Å². The van der Waals surface area contributed by atoms with Crippen molar-refractivity contribution in [2.45, 2.75) is 62.5 Å². The lowest BCUT2D eigenvalue weighted by molar-refractivity contribution is -0.300. The molecule has 3 aliphatic rings. The highest BCUT2D eigenvalue weighted by molar-refractivity contribution is 6.30. The fraction of sp³-hybridized carbons (Fsp3) is 0.500. The number of methoxy groups -OCH3 is 1. The second-order valence-electron chi connectivity index (χ2n) is 10.5. The van der Waals surface area contributed by atoms with Gasteiger partial charge >= 0.3 is 6.18 Å². The average molecular weight is 567 g/mol. The third-order valence-electron chi connectivity index (χ3n) is 8.16. The molecule has 2 aromatic heterocycles. The number of hydrogen-bond donors (Lipinski definition) is 1. The highest BCUT2D eigenvalue weighted by Crippen LogP contribution is 2.48. The summed E-state index contributed by atoms with van der Waals surface area (Å²) in [4.78, 5) is 8.21. The summed E-state index contributed by atoms with van der Waals surface area (Å²) < 4.78 is 60.8. The minimum atomic E-state index is -4.66. The zero-order valence-electron chi connectivity index (χ0n) is 21.1. The topological polar surface area (TPSA) is 79.5 Å². The Bertz CT molecular complexity index is 1390. The van der Waals surface area contributed by atoms with E-state index in [-0.39, 0.29) is 24.5 Å². The van der Waals surface area contributed by atoms with Crippen molar-refractivity contribution in [3.05, 3.63) is 58.5 Å². The van der Waals surface area contributed by atoms with Crippen molar-refractivity contribution in [2.24, 2.45) is 0 Å². The molecule has 0 unspecified atom stereocenters. The molecule has 2 fully saturated rings. The molecule has 1 aliphatic carbocycles. The lowest BCUT2D eigenvalue weighted by Gasteiger charge is -2.48. The van der Waals surface area contributed by atoms with Gasteiger partial charge in [-0.05, 0) is 36.6 Å². The number of rotatable bonds is 4. The van der Waals surface area contributed by atoms with Gasteiger partial charge in [-0.3, -0.25) is 9.47 Å². The Labute approximate surface area is 227 Å². The molecule has 6 rings (SSSR count). The van der Waals surface area contributed by atoms with Gasteiger partial charge in [0.25, 0.3) is 0 Å². The summed E-state index contributed by atoms with van der Waals surface area (Å²) in [5.41, 5.74) is -0.934. The van der Waals surface area contributed by atoms with Crippen molar-refractivity contribution in [1.82, 2.24) is 24.6 Å². The van der Waals surface area contributed by atoms with Crippen molar-refractivity contribution in [3.8, 4) is 11.4 Å². The number of nitrogens with zero attached hydrogens (tertiary/aromatic N) is 6. The first-order valence-corrected chi connectivity index (χ1v) is 13.1. The zero-order valence-corrected chi connectivity index (χ0v) is 21.9. The van der Waals surface area contributed by atoms with Gasteiger partial charge in [0.2, 0.25) is 0 Å². The molecule has 1 N–H and O–H groups in total. The molecular weight excluding hydrogens is 540 g/mol. The maximum atomic E-state index is 13.8. The molecule has 0 bridgehead atoms. The molecule has 1 saturated heterocycles. The molecule has 39 heavy (non-hydrogen) atoms. The van der Waals surface area contributed by atoms with Crippen molar-refractivity contribution >= 4 is 17.4 Å². The van der Waals surface area contributed by atoms with E-state index in [9.17, 15) is 22.7 Å². The number of benzene rings is 1. The second kappa shape index (κ2) is 9.60. The Balaban J connectivity index is 1.25. The predicted molar refractivity (Wildman–Crippen MR) is 135 cm³/mol. The number of alkyl halides is 3. The molecule has 1 saturated carbocycles. The van der Waals surface area contributed by atoms with Crippen molar-refractivity contribution in [2.75, 3.05) is 25.1 Å². The number of anilines is 1. The molecule has 208 valence electrons. The summed E-state index contributed by atoms with van der Waals surface area (Å²) >= 11 is 6.31. The molecule has 1 aromatic carbocycles. The smallest absolute Gasteiger partial charge is 0.417 e. The number of halogens is 5. The maximum Gasteiger partial charge on any atom is 0.417 e. The van der Waals surface area contributed by atoms with Crippen molar-refractivity contribution in [3.63, 3.8) is 0 Å². The number of piperidine rings is 1. The Kier molecular flexibility index (Phi) is 6.47. The van der Waals surface area contributed by atoms with Crippen LogP contribution in [0, 0.1) is 5.82 Å². The molecule has 0 atom stereocenters. The van der Waals surface area contributed by atoms with Crippen LogP contribution in [0.5, 0.6) is 5.75 Å². The summed E-state index contributed by atoms with van der Waals surface area (Å²) in [6.45, 7) is 2.03. The van der Waals surface area contributed by atoms with Crippen molar-refractivity contribution in [1.29, 1.82) is 0 Å². The number of hydrogen-bond acceptors (Lipinski definition) is 7. The van der Waals surface area contributed by atoms with E-state index in [0.29, 0.717) is 42.8 Å². The highest BCUT2D eigenvalue weighted by atomic mass is 35.5. The molecule has 4 heterocycles. The first-order valence-electron chi connectivity index (χ1n) is 12.8. The molecule has 3 aromatic rings. The van der Waals surface area contributed by atoms with Gasteiger partial charge in [-0.1, -0.05) is 11.6 Å². The third kappa shape index (κ3) is 4.62. The first kappa shape index (κ1) is 26.3. The van der Waals surface area contributed by atoms with Gasteiger partial charge < -0.3 is 14.7 Å². The highest BCUT2D eigenvalue weighted by Gasteiger charge is 2.62. The maximum absolute atomic E-state index is 13.8. The van der Waals surface area contributed by atoms with Crippen LogP contribution in [0.1, 0.15) is 48.8 Å². The summed E-state index contributed by atoms with van der Waals surface area (Å²) in [6, 6.07) is 6.65. The van der Waals surface area contributed by atoms with E-state index in [1.165, 1.54) is 7.11 Å². The lowest BCUT2D eigenvalue weighted by atomic mass is 9.74. The van der Waals surface area contributed by atoms with Crippen LogP contribution in [0.4, 0.5) is 23.4 Å².